The summed E-state index contributed by atoms with van der Waals surface area (Å²) in [4.78, 5) is 23.8. The lowest BCUT2D eigenvalue weighted by Gasteiger charge is -2.32. The molecule has 0 aliphatic carbocycles. The molecule has 20 heavy (non-hydrogen) atoms. The molecule has 1 aliphatic rings. The highest BCUT2D eigenvalue weighted by molar-refractivity contribution is 5.82. The number of ether oxygens (including phenoxy) is 1. The van der Waals surface area contributed by atoms with Crippen molar-refractivity contribution in [1.82, 2.24) is 10.2 Å². The van der Waals surface area contributed by atoms with Gasteiger partial charge >= 0.3 is 18.2 Å². The predicted octanol–water partition coefficient (Wildman–Crippen LogP) is 1.21. The van der Waals surface area contributed by atoms with Crippen molar-refractivity contribution in [3.8, 4) is 0 Å². The molecule has 0 radical (unpaired) electrons. The molecule has 0 bridgehead atoms. The van der Waals surface area contributed by atoms with E-state index in [2.05, 4.69) is 5.32 Å². The average molecular weight is 298 g/mol. The summed E-state index contributed by atoms with van der Waals surface area (Å²) in [6.45, 7) is 0.381. The number of carbonyl (C=O) groups excluding carboxylic acids is 1. The van der Waals surface area contributed by atoms with Crippen LogP contribution in [0.5, 0.6) is 0 Å². The standard InChI is InChI=1S/C11H17F3N2O4/c12-11(13,14)3-1-2-4-15-10(19)16-5-6-20-7-8(16)9(17)18/h8H,1-7H2,(H,15,19)(H,17,18). The van der Waals surface area contributed by atoms with Crippen molar-refractivity contribution < 1.29 is 32.6 Å². The van der Waals surface area contributed by atoms with E-state index in [0.717, 1.165) is 4.90 Å². The zero-order valence-electron chi connectivity index (χ0n) is 10.8. The van der Waals surface area contributed by atoms with Gasteiger partial charge in [0, 0.05) is 19.5 Å². The molecule has 1 unspecified atom stereocenters. The Bertz CT molecular complexity index is 349. The number of morpholine rings is 1. The fraction of sp³-hybridized carbons (Fsp3) is 0.818. The Labute approximate surface area is 113 Å². The summed E-state index contributed by atoms with van der Waals surface area (Å²) in [6.07, 6.45) is -4.97. The van der Waals surface area contributed by atoms with Crippen LogP contribution in [0.25, 0.3) is 0 Å². The lowest BCUT2D eigenvalue weighted by atomic mass is 10.2. The zero-order valence-corrected chi connectivity index (χ0v) is 10.8. The van der Waals surface area contributed by atoms with Crippen LogP contribution in [0.1, 0.15) is 19.3 Å². The molecule has 0 aromatic carbocycles. The van der Waals surface area contributed by atoms with Crippen LogP contribution in [0.3, 0.4) is 0 Å². The largest absolute Gasteiger partial charge is 0.480 e. The number of carbonyl (C=O) groups is 2. The molecular formula is C11H17F3N2O4. The number of hydrogen-bond acceptors (Lipinski definition) is 3. The van der Waals surface area contributed by atoms with Gasteiger partial charge in [-0.05, 0) is 12.8 Å². The Morgan fingerprint density at radius 3 is 2.65 bits per heavy atom. The number of alkyl halides is 3. The van der Waals surface area contributed by atoms with Gasteiger partial charge in [-0.15, -0.1) is 0 Å². The number of hydrogen-bond donors (Lipinski definition) is 2. The van der Waals surface area contributed by atoms with Crippen LogP contribution in [0, 0.1) is 0 Å². The number of aliphatic carboxylic acids is 1. The number of carboxylic acid groups (broad SMARTS) is 1. The fourth-order valence-corrected chi connectivity index (χ4v) is 1.80. The topological polar surface area (TPSA) is 78.9 Å². The van der Waals surface area contributed by atoms with Gasteiger partial charge in [0.1, 0.15) is 0 Å². The monoisotopic (exact) mass is 298 g/mol. The molecule has 2 amide bonds. The summed E-state index contributed by atoms with van der Waals surface area (Å²) in [7, 11) is 0. The highest BCUT2D eigenvalue weighted by Gasteiger charge is 2.32. The Kier molecular flexibility index (Phi) is 6.05. The molecule has 1 fully saturated rings. The van der Waals surface area contributed by atoms with Crippen LogP contribution in [0.4, 0.5) is 18.0 Å². The number of carboxylic acids is 1. The Balaban J connectivity index is 2.29. The summed E-state index contributed by atoms with van der Waals surface area (Å²) in [5.41, 5.74) is 0. The van der Waals surface area contributed by atoms with Crippen molar-refractivity contribution in [3.63, 3.8) is 0 Å². The van der Waals surface area contributed by atoms with E-state index < -0.39 is 30.6 Å². The molecular weight excluding hydrogens is 281 g/mol. The Hall–Kier alpha value is -1.51. The molecule has 1 heterocycles. The van der Waals surface area contributed by atoms with Gasteiger partial charge < -0.3 is 20.1 Å². The van der Waals surface area contributed by atoms with Crippen molar-refractivity contribution in [2.45, 2.75) is 31.5 Å². The molecule has 0 saturated carbocycles. The average Bonchev–Trinajstić information content (AvgIpc) is 2.36. The van der Waals surface area contributed by atoms with E-state index >= 15 is 0 Å². The van der Waals surface area contributed by atoms with E-state index in [0.29, 0.717) is 0 Å². The van der Waals surface area contributed by atoms with Crippen LogP contribution in [-0.2, 0) is 9.53 Å². The quantitative estimate of drug-likeness (QED) is 0.748. The molecule has 1 aliphatic heterocycles. The first-order chi connectivity index (χ1) is 9.31. The number of rotatable bonds is 5. The van der Waals surface area contributed by atoms with E-state index in [1.165, 1.54) is 0 Å². The second kappa shape index (κ2) is 7.32. The lowest BCUT2D eigenvalue weighted by molar-refractivity contribution is -0.147. The summed E-state index contributed by atoms with van der Waals surface area (Å²) in [5, 5.41) is 11.4. The first kappa shape index (κ1) is 16.5. The van der Waals surface area contributed by atoms with Crippen LogP contribution in [0.15, 0.2) is 0 Å². The number of halogens is 3. The molecule has 116 valence electrons. The van der Waals surface area contributed by atoms with Crippen LogP contribution in [0.2, 0.25) is 0 Å². The minimum Gasteiger partial charge on any atom is -0.480 e. The predicted molar refractivity (Wildman–Crippen MR) is 62.3 cm³/mol. The first-order valence-electron chi connectivity index (χ1n) is 6.23. The minimum absolute atomic E-state index is 0.0742. The summed E-state index contributed by atoms with van der Waals surface area (Å²) < 4.78 is 40.7. The molecule has 1 saturated heterocycles. The molecule has 2 N–H and O–H groups in total. The van der Waals surface area contributed by atoms with Gasteiger partial charge in [0.2, 0.25) is 0 Å². The van der Waals surface area contributed by atoms with E-state index in [1.807, 2.05) is 0 Å². The normalized spacial score (nSPS) is 19.8. The highest BCUT2D eigenvalue weighted by Crippen LogP contribution is 2.21. The fourth-order valence-electron chi connectivity index (χ4n) is 1.80. The second-order valence-corrected chi connectivity index (χ2v) is 4.43. The Morgan fingerprint density at radius 1 is 1.35 bits per heavy atom. The van der Waals surface area contributed by atoms with Gasteiger partial charge in [-0.1, -0.05) is 0 Å². The van der Waals surface area contributed by atoms with E-state index in [1.54, 1.807) is 0 Å². The first-order valence-corrected chi connectivity index (χ1v) is 6.23. The van der Waals surface area contributed by atoms with Crippen molar-refractivity contribution >= 4 is 12.0 Å². The third kappa shape index (κ3) is 5.64. The summed E-state index contributed by atoms with van der Waals surface area (Å²) in [6, 6.07) is -1.65. The lowest BCUT2D eigenvalue weighted by Crippen LogP contribution is -2.55. The Morgan fingerprint density at radius 2 is 2.05 bits per heavy atom. The van der Waals surface area contributed by atoms with Gasteiger partial charge in [0.15, 0.2) is 6.04 Å². The van der Waals surface area contributed by atoms with E-state index in [9.17, 15) is 22.8 Å². The van der Waals surface area contributed by atoms with Crippen LogP contribution < -0.4 is 5.32 Å². The third-order valence-corrected chi connectivity index (χ3v) is 2.84. The SMILES string of the molecule is O=C(O)C1COCCN1C(=O)NCCCCC(F)(F)F. The van der Waals surface area contributed by atoms with Gasteiger partial charge in [-0.25, -0.2) is 9.59 Å². The summed E-state index contributed by atoms with van der Waals surface area (Å²) in [5.74, 6) is -1.17. The number of nitrogens with one attached hydrogen (secondary N) is 1. The number of nitrogens with zero attached hydrogens (tertiary/aromatic N) is 1. The van der Waals surface area contributed by atoms with Crippen molar-refractivity contribution in [3.05, 3.63) is 0 Å². The molecule has 6 nitrogen and oxygen atoms in total. The number of urea groups is 1. The van der Waals surface area contributed by atoms with Gasteiger partial charge in [0.25, 0.3) is 0 Å². The zero-order chi connectivity index (χ0) is 15.2. The van der Waals surface area contributed by atoms with Crippen molar-refractivity contribution in [1.29, 1.82) is 0 Å². The second-order valence-electron chi connectivity index (χ2n) is 4.43. The molecule has 9 heteroatoms. The van der Waals surface area contributed by atoms with Crippen LogP contribution in [-0.4, -0.2) is 60.5 Å². The maximum Gasteiger partial charge on any atom is 0.389 e. The van der Waals surface area contributed by atoms with Gasteiger partial charge in [-0.3, -0.25) is 0 Å². The molecule has 0 aromatic heterocycles. The molecule has 1 atom stereocenters. The van der Waals surface area contributed by atoms with Crippen LogP contribution >= 0.6 is 0 Å². The van der Waals surface area contributed by atoms with E-state index in [-0.39, 0.29) is 39.1 Å². The van der Waals surface area contributed by atoms with E-state index in [4.69, 9.17) is 9.84 Å². The van der Waals surface area contributed by atoms with Gasteiger partial charge in [-0.2, -0.15) is 13.2 Å². The number of amides is 2. The number of unbranched alkanes of at least 4 members (excludes halogenated alkanes) is 1. The molecule has 0 spiro atoms. The minimum atomic E-state index is -4.19. The molecule has 1 rings (SSSR count). The van der Waals surface area contributed by atoms with Crippen molar-refractivity contribution in [2.24, 2.45) is 0 Å². The smallest absolute Gasteiger partial charge is 0.389 e. The summed E-state index contributed by atoms with van der Waals surface area (Å²) >= 11 is 0. The van der Waals surface area contributed by atoms with Crippen molar-refractivity contribution in [2.75, 3.05) is 26.3 Å². The molecule has 0 aromatic rings. The third-order valence-electron chi connectivity index (χ3n) is 2.84. The maximum atomic E-state index is 11.9. The highest BCUT2D eigenvalue weighted by atomic mass is 19.4. The van der Waals surface area contributed by atoms with Gasteiger partial charge in [0.05, 0.1) is 13.2 Å². The maximum absolute atomic E-state index is 11.9.